The van der Waals surface area contributed by atoms with E-state index < -0.39 is 0 Å². The Bertz CT molecular complexity index is 973. The van der Waals surface area contributed by atoms with Crippen molar-refractivity contribution in [3.8, 4) is 17.2 Å². The van der Waals surface area contributed by atoms with E-state index in [-0.39, 0.29) is 5.91 Å². The summed E-state index contributed by atoms with van der Waals surface area (Å²) in [6, 6.07) is 11.0. The molecule has 1 aliphatic rings. The minimum atomic E-state index is -0.109. The topological polar surface area (TPSA) is 60.4 Å². The third-order valence-corrected chi connectivity index (χ3v) is 5.92. The van der Waals surface area contributed by atoms with Gasteiger partial charge in [0.15, 0.2) is 16.7 Å². The largest absolute Gasteiger partial charge is 0.497 e. The van der Waals surface area contributed by atoms with Gasteiger partial charge in [0, 0.05) is 11.5 Å². The molecule has 0 saturated carbocycles. The van der Waals surface area contributed by atoms with Gasteiger partial charge in [-0.15, -0.1) is 0 Å². The molecule has 2 aromatic carbocycles. The lowest BCUT2D eigenvalue weighted by Gasteiger charge is -2.11. The Morgan fingerprint density at radius 2 is 1.86 bits per heavy atom. The summed E-state index contributed by atoms with van der Waals surface area (Å²) in [5.74, 6) is 1.90. The normalized spacial score (nSPS) is 16.6. The molecule has 0 N–H and O–H groups in total. The lowest BCUT2D eigenvalue weighted by atomic mass is 10.2. The van der Waals surface area contributed by atoms with Gasteiger partial charge in [-0.05, 0) is 66.7 Å². The highest BCUT2D eigenvalue weighted by molar-refractivity contribution is 9.10. The molecule has 0 bridgehead atoms. The second-order valence-electron chi connectivity index (χ2n) is 6.02. The van der Waals surface area contributed by atoms with Crippen LogP contribution in [0.1, 0.15) is 12.5 Å². The number of amides is 1. The number of hydrogen-bond donors (Lipinski definition) is 0. The van der Waals surface area contributed by atoms with E-state index in [0.717, 1.165) is 21.5 Å². The molecule has 2 aromatic rings. The van der Waals surface area contributed by atoms with Crippen molar-refractivity contribution < 1.29 is 19.0 Å². The number of ether oxygens (including phenoxy) is 3. The molecule has 0 radical (unpaired) electrons. The molecular formula is C21H21BrN2O4S. The second kappa shape index (κ2) is 9.37. The average Bonchev–Trinajstić information content (AvgIpc) is 2.98. The van der Waals surface area contributed by atoms with Crippen molar-refractivity contribution in [2.75, 3.05) is 27.9 Å². The number of nitrogens with zero attached hydrogens (tertiary/aromatic N) is 2. The first-order valence-corrected chi connectivity index (χ1v) is 10.5. The van der Waals surface area contributed by atoms with Crippen molar-refractivity contribution in [1.82, 2.24) is 4.90 Å². The van der Waals surface area contributed by atoms with Crippen LogP contribution in [0.25, 0.3) is 6.08 Å². The number of benzene rings is 2. The molecule has 0 unspecified atom stereocenters. The molecule has 1 amide bonds. The SMILES string of the molecule is CCOc1cc(Br)c(/C=C2/SC(=Nc3ccc(OC)cc3)N(C)C2=O)cc1OC. The monoisotopic (exact) mass is 476 g/mol. The lowest BCUT2D eigenvalue weighted by molar-refractivity contribution is -0.121. The van der Waals surface area contributed by atoms with Gasteiger partial charge >= 0.3 is 0 Å². The van der Waals surface area contributed by atoms with Gasteiger partial charge in [0.2, 0.25) is 0 Å². The van der Waals surface area contributed by atoms with E-state index in [0.29, 0.717) is 28.2 Å². The standard InChI is InChI=1S/C21H21BrN2O4S/c1-5-28-18-12-16(22)13(10-17(18)27-4)11-19-20(25)24(2)21(29-19)23-14-6-8-15(26-3)9-7-14/h6-12H,5H2,1-4H3/b19-11+,23-21?. The Morgan fingerprint density at radius 1 is 1.14 bits per heavy atom. The van der Waals surface area contributed by atoms with Crippen molar-refractivity contribution in [3.63, 3.8) is 0 Å². The lowest BCUT2D eigenvalue weighted by Crippen LogP contribution is -2.23. The van der Waals surface area contributed by atoms with Gasteiger partial charge in [-0.25, -0.2) is 4.99 Å². The molecule has 1 fully saturated rings. The maximum atomic E-state index is 12.7. The number of thioether (sulfide) groups is 1. The first kappa shape index (κ1) is 21.3. The molecule has 3 rings (SSSR count). The molecule has 0 aliphatic carbocycles. The van der Waals surface area contributed by atoms with Crippen molar-refractivity contribution in [1.29, 1.82) is 0 Å². The molecule has 1 heterocycles. The summed E-state index contributed by atoms with van der Waals surface area (Å²) in [4.78, 5) is 19.4. The Labute approximate surface area is 182 Å². The van der Waals surface area contributed by atoms with Crippen molar-refractivity contribution in [2.24, 2.45) is 4.99 Å². The number of amidine groups is 1. The molecule has 8 heteroatoms. The maximum absolute atomic E-state index is 12.7. The number of methoxy groups -OCH3 is 2. The van der Waals surface area contributed by atoms with Crippen molar-refractivity contribution in [2.45, 2.75) is 6.92 Å². The van der Waals surface area contributed by atoms with Gasteiger partial charge in [-0.2, -0.15) is 0 Å². The molecule has 0 spiro atoms. The van der Waals surface area contributed by atoms with Crippen molar-refractivity contribution >= 4 is 50.5 Å². The molecule has 29 heavy (non-hydrogen) atoms. The fourth-order valence-corrected chi connectivity index (χ4v) is 4.06. The predicted octanol–water partition coefficient (Wildman–Crippen LogP) is 5.10. The third kappa shape index (κ3) is 4.76. The molecular weight excluding hydrogens is 456 g/mol. The molecule has 1 saturated heterocycles. The molecule has 0 aromatic heterocycles. The summed E-state index contributed by atoms with van der Waals surface area (Å²) in [5.41, 5.74) is 1.57. The molecule has 0 atom stereocenters. The molecule has 152 valence electrons. The number of carbonyl (C=O) groups is 1. The second-order valence-corrected chi connectivity index (χ2v) is 7.89. The Kier molecular flexibility index (Phi) is 6.87. The minimum Gasteiger partial charge on any atom is -0.497 e. The van der Waals surface area contributed by atoms with E-state index in [2.05, 4.69) is 20.9 Å². The van der Waals surface area contributed by atoms with E-state index in [1.807, 2.05) is 49.4 Å². The van der Waals surface area contributed by atoms with Crippen LogP contribution >= 0.6 is 27.7 Å². The maximum Gasteiger partial charge on any atom is 0.266 e. The number of likely N-dealkylation sites (N-methyl/N-ethyl adjacent to an activating group) is 1. The molecule has 1 aliphatic heterocycles. The quantitative estimate of drug-likeness (QED) is 0.542. The first-order valence-electron chi connectivity index (χ1n) is 8.87. The molecule has 6 nitrogen and oxygen atoms in total. The van der Waals surface area contributed by atoms with E-state index >= 15 is 0 Å². The highest BCUT2D eigenvalue weighted by atomic mass is 79.9. The van der Waals surface area contributed by atoms with Crippen LogP contribution in [0.5, 0.6) is 17.2 Å². The van der Waals surface area contributed by atoms with Gasteiger partial charge in [-0.1, -0.05) is 15.9 Å². The zero-order valence-electron chi connectivity index (χ0n) is 16.6. The Hall–Kier alpha value is -2.45. The predicted molar refractivity (Wildman–Crippen MR) is 120 cm³/mol. The van der Waals surface area contributed by atoms with Gasteiger partial charge in [0.1, 0.15) is 5.75 Å². The zero-order valence-corrected chi connectivity index (χ0v) is 19.0. The van der Waals surface area contributed by atoms with E-state index in [9.17, 15) is 4.79 Å². The first-order chi connectivity index (χ1) is 14.0. The van der Waals surface area contributed by atoms with Crippen LogP contribution in [0.15, 0.2) is 50.8 Å². The van der Waals surface area contributed by atoms with Crippen LogP contribution in [0.4, 0.5) is 5.69 Å². The van der Waals surface area contributed by atoms with Gasteiger partial charge in [-0.3, -0.25) is 9.69 Å². The van der Waals surface area contributed by atoms with Gasteiger partial charge in [0.05, 0.1) is 31.4 Å². The van der Waals surface area contributed by atoms with Gasteiger partial charge < -0.3 is 14.2 Å². The van der Waals surface area contributed by atoms with Crippen LogP contribution in [0.3, 0.4) is 0 Å². The highest BCUT2D eigenvalue weighted by Crippen LogP contribution is 2.38. The zero-order chi connectivity index (χ0) is 21.0. The van der Waals surface area contributed by atoms with E-state index in [1.54, 1.807) is 26.2 Å². The van der Waals surface area contributed by atoms with Gasteiger partial charge in [0.25, 0.3) is 5.91 Å². The summed E-state index contributed by atoms with van der Waals surface area (Å²) >= 11 is 4.88. The Morgan fingerprint density at radius 3 is 2.48 bits per heavy atom. The van der Waals surface area contributed by atoms with E-state index in [1.165, 1.54) is 11.8 Å². The summed E-state index contributed by atoms with van der Waals surface area (Å²) in [5, 5.41) is 0.612. The summed E-state index contributed by atoms with van der Waals surface area (Å²) in [6.07, 6.45) is 1.82. The third-order valence-electron chi connectivity index (χ3n) is 4.17. The number of aliphatic imine (C=N–C) groups is 1. The minimum absolute atomic E-state index is 0.109. The highest BCUT2D eigenvalue weighted by Gasteiger charge is 2.30. The van der Waals surface area contributed by atoms with Crippen LogP contribution in [0, 0.1) is 0 Å². The number of rotatable bonds is 6. The van der Waals surface area contributed by atoms with Crippen LogP contribution in [0.2, 0.25) is 0 Å². The number of carbonyl (C=O) groups excluding carboxylic acids is 1. The van der Waals surface area contributed by atoms with E-state index in [4.69, 9.17) is 14.2 Å². The van der Waals surface area contributed by atoms with Crippen molar-refractivity contribution in [3.05, 3.63) is 51.3 Å². The fourth-order valence-electron chi connectivity index (χ4n) is 2.65. The Balaban J connectivity index is 1.90. The summed E-state index contributed by atoms with van der Waals surface area (Å²) < 4.78 is 17.0. The number of hydrogen-bond acceptors (Lipinski definition) is 6. The fraction of sp³-hybridized carbons (Fsp3) is 0.238. The van der Waals surface area contributed by atoms with Crippen LogP contribution < -0.4 is 14.2 Å². The van der Waals surface area contributed by atoms with Crippen LogP contribution in [-0.2, 0) is 4.79 Å². The average molecular weight is 477 g/mol. The summed E-state index contributed by atoms with van der Waals surface area (Å²) in [7, 11) is 4.92. The summed E-state index contributed by atoms with van der Waals surface area (Å²) in [6.45, 7) is 2.45. The smallest absolute Gasteiger partial charge is 0.266 e. The number of halogens is 1. The van der Waals surface area contributed by atoms with Crippen LogP contribution in [-0.4, -0.2) is 43.8 Å².